The summed E-state index contributed by atoms with van der Waals surface area (Å²) in [6.07, 6.45) is 0.873. The molecule has 0 bridgehead atoms. The normalized spacial score (nSPS) is 12.0. The number of nitrogens with two attached hydrogens (primary N) is 1. The van der Waals surface area contributed by atoms with Crippen molar-refractivity contribution in [2.24, 2.45) is 5.73 Å². The van der Waals surface area contributed by atoms with Gasteiger partial charge < -0.3 is 10.6 Å². The van der Waals surface area contributed by atoms with Crippen LogP contribution in [0.5, 0.6) is 0 Å². The van der Waals surface area contributed by atoms with Crippen molar-refractivity contribution < 1.29 is 8.42 Å². The molecule has 0 spiro atoms. The Morgan fingerprint density at radius 3 is 2.39 bits per heavy atom. The largest absolute Gasteiger partial charge is 0.330 e. The first-order valence-electron chi connectivity index (χ1n) is 5.82. The average molecular weight is 291 g/mol. The van der Waals surface area contributed by atoms with E-state index in [2.05, 4.69) is 0 Å². The van der Waals surface area contributed by atoms with Gasteiger partial charge in [-0.3, -0.25) is 0 Å². The summed E-state index contributed by atoms with van der Waals surface area (Å²) in [6.45, 7) is 1.94. The van der Waals surface area contributed by atoms with E-state index in [1.54, 1.807) is 12.1 Å². The molecule has 0 aromatic heterocycles. The van der Waals surface area contributed by atoms with Crippen LogP contribution in [0.25, 0.3) is 0 Å². The first kappa shape index (κ1) is 15.4. The van der Waals surface area contributed by atoms with Gasteiger partial charge in [-0.15, -0.1) is 0 Å². The van der Waals surface area contributed by atoms with Gasteiger partial charge in [-0.2, -0.15) is 0 Å². The summed E-state index contributed by atoms with van der Waals surface area (Å²) < 4.78 is 24.1. The maximum absolute atomic E-state index is 12.0. The van der Waals surface area contributed by atoms with Crippen molar-refractivity contribution in [2.75, 3.05) is 32.4 Å². The molecule has 0 aliphatic rings. The number of sulfone groups is 1. The van der Waals surface area contributed by atoms with Gasteiger partial charge in [0.25, 0.3) is 0 Å². The average Bonchev–Trinajstić information content (AvgIpc) is 2.34. The van der Waals surface area contributed by atoms with Gasteiger partial charge in [0.15, 0.2) is 9.84 Å². The molecule has 0 unspecified atom stereocenters. The molecular weight excluding hydrogens is 272 g/mol. The highest BCUT2D eigenvalue weighted by Gasteiger charge is 2.14. The second-order valence-electron chi connectivity index (χ2n) is 4.22. The van der Waals surface area contributed by atoms with Gasteiger partial charge >= 0.3 is 0 Å². The van der Waals surface area contributed by atoms with Crippen LogP contribution in [0.15, 0.2) is 29.2 Å². The molecule has 0 heterocycles. The van der Waals surface area contributed by atoms with E-state index in [4.69, 9.17) is 17.3 Å². The maximum atomic E-state index is 12.0. The topological polar surface area (TPSA) is 63.4 Å². The first-order valence-corrected chi connectivity index (χ1v) is 7.85. The smallest absolute Gasteiger partial charge is 0.179 e. The molecular formula is C12H19ClN2O2S. The SMILES string of the molecule is CN(CCCN)CCS(=O)(=O)c1ccc(Cl)cc1. The molecule has 0 aliphatic carbocycles. The molecule has 0 amide bonds. The Kier molecular flexibility index (Phi) is 6.08. The number of hydrogen-bond acceptors (Lipinski definition) is 4. The molecule has 102 valence electrons. The number of hydrogen-bond donors (Lipinski definition) is 1. The van der Waals surface area contributed by atoms with Crippen molar-refractivity contribution in [2.45, 2.75) is 11.3 Å². The van der Waals surface area contributed by atoms with Crippen LogP contribution in [0, 0.1) is 0 Å². The number of halogens is 1. The molecule has 0 saturated carbocycles. The third-order valence-corrected chi connectivity index (χ3v) is 4.62. The lowest BCUT2D eigenvalue weighted by atomic mass is 10.4. The molecule has 0 saturated heterocycles. The van der Waals surface area contributed by atoms with E-state index in [0.29, 0.717) is 23.0 Å². The summed E-state index contributed by atoms with van der Waals surface area (Å²) in [4.78, 5) is 2.29. The van der Waals surface area contributed by atoms with E-state index in [9.17, 15) is 8.42 Å². The Morgan fingerprint density at radius 1 is 1.22 bits per heavy atom. The van der Waals surface area contributed by atoms with Gasteiger partial charge in [-0.25, -0.2) is 8.42 Å². The van der Waals surface area contributed by atoms with Crippen molar-refractivity contribution in [1.82, 2.24) is 4.90 Å². The van der Waals surface area contributed by atoms with E-state index in [0.717, 1.165) is 13.0 Å². The van der Waals surface area contributed by atoms with Gasteiger partial charge in [0.05, 0.1) is 10.6 Å². The van der Waals surface area contributed by atoms with Crippen molar-refractivity contribution >= 4 is 21.4 Å². The zero-order valence-electron chi connectivity index (χ0n) is 10.5. The monoisotopic (exact) mass is 290 g/mol. The number of nitrogens with zero attached hydrogens (tertiary/aromatic N) is 1. The zero-order chi connectivity index (χ0) is 13.6. The second kappa shape index (κ2) is 7.09. The van der Waals surface area contributed by atoms with Gasteiger partial charge in [0.1, 0.15) is 0 Å². The summed E-state index contributed by atoms with van der Waals surface area (Å²) >= 11 is 5.73. The molecule has 1 rings (SSSR count). The third kappa shape index (κ3) is 4.94. The Bertz CT molecular complexity index is 459. The summed E-state index contributed by atoms with van der Waals surface area (Å²) in [5.41, 5.74) is 5.41. The molecule has 1 aromatic rings. The summed E-state index contributed by atoms with van der Waals surface area (Å²) in [5.74, 6) is 0.107. The van der Waals surface area contributed by atoms with E-state index < -0.39 is 9.84 Å². The quantitative estimate of drug-likeness (QED) is 0.824. The van der Waals surface area contributed by atoms with Gasteiger partial charge in [0.2, 0.25) is 0 Å². The predicted molar refractivity (Wildman–Crippen MR) is 74.7 cm³/mol. The van der Waals surface area contributed by atoms with Crippen LogP contribution in [0.3, 0.4) is 0 Å². The highest BCUT2D eigenvalue weighted by Crippen LogP contribution is 2.15. The number of rotatable bonds is 7. The summed E-state index contributed by atoms with van der Waals surface area (Å²) in [6, 6.07) is 6.26. The summed E-state index contributed by atoms with van der Waals surface area (Å²) in [7, 11) is -1.33. The minimum atomic E-state index is -3.23. The predicted octanol–water partition coefficient (Wildman–Crippen LogP) is 1.39. The molecule has 18 heavy (non-hydrogen) atoms. The zero-order valence-corrected chi connectivity index (χ0v) is 12.0. The minimum Gasteiger partial charge on any atom is -0.330 e. The molecule has 1 aromatic carbocycles. The Hall–Kier alpha value is -0.620. The van der Waals surface area contributed by atoms with Crippen molar-refractivity contribution in [3.05, 3.63) is 29.3 Å². The second-order valence-corrected chi connectivity index (χ2v) is 6.76. The van der Waals surface area contributed by atoms with E-state index >= 15 is 0 Å². The van der Waals surface area contributed by atoms with Crippen molar-refractivity contribution in [3.63, 3.8) is 0 Å². The highest BCUT2D eigenvalue weighted by molar-refractivity contribution is 7.91. The fraction of sp³-hybridized carbons (Fsp3) is 0.500. The molecule has 4 nitrogen and oxygen atoms in total. The van der Waals surface area contributed by atoms with Crippen molar-refractivity contribution in [3.8, 4) is 0 Å². The van der Waals surface area contributed by atoms with Gasteiger partial charge in [-0.1, -0.05) is 11.6 Å². The Morgan fingerprint density at radius 2 is 1.83 bits per heavy atom. The Balaban J connectivity index is 2.57. The van der Waals surface area contributed by atoms with Crippen LogP contribution in [0.2, 0.25) is 5.02 Å². The fourth-order valence-corrected chi connectivity index (χ4v) is 2.97. The molecule has 0 aliphatic heterocycles. The lowest BCUT2D eigenvalue weighted by Crippen LogP contribution is -2.27. The first-order chi connectivity index (χ1) is 8.45. The van der Waals surface area contributed by atoms with Crippen LogP contribution in [0.4, 0.5) is 0 Å². The molecule has 0 fully saturated rings. The number of benzene rings is 1. The molecule has 0 radical (unpaired) electrons. The van der Waals surface area contributed by atoms with E-state index in [1.807, 2.05) is 11.9 Å². The van der Waals surface area contributed by atoms with Crippen LogP contribution in [0.1, 0.15) is 6.42 Å². The van der Waals surface area contributed by atoms with Crippen molar-refractivity contribution in [1.29, 1.82) is 0 Å². The van der Waals surface area contributed by atoms with E-state index in [-0.39, 0.29) is 5.75 Å². The van der Waals surface area contributed by atoms with E-state index in [1.165, 1.54) is 12.1 Å². The Labute approximate surface area is 114 Å². The highest BCUT2D eigenvalue weighted by atomic mass is 35.5. The van der Waals surface area contributed by atoms with Crippen LogP contribution in [-0.4, -0.2) is 45.8 Å². The molecule has 6 heteroatoms. The lowest BCUT2D eigenvalue weighted by Gasteiger charge is -2.15. The van der Waals surface area contributed by atoms with Gasteiger partial charge in [0, 0.05) is 11.6 Å². The van der Waals surface area contributed by atoms with Crippen LogP contribution >= 0.6 is 11.6 Å². The van der Waals surface area contributed by atoms with Crippen LogP contribution in [-0.2, 0) is 9.84 Å². The van der Waals surface area contributed by atoms with Gasteiger partial charge in [-0.05, 0) is 50.8 Å². The minimum absolute atomic E-state index is 0.107. The van der Waals surface area contributed by atoms with Crippen LogP contribution < -0.4 is 5.73 Å². The fourth-order valence-electron chi connectivity index (χ4n) is 1.51. The third-order valence-electron chi connectivity index (χ3n) is 2.66. The lowest BCUT2D eigenvalue weighted by molar-refractivity contribution is 0.350. The maximum Gasteiger partial charge on any atom is 0.179 e. The molecule has 0 atom stereocenters. The standard InChI is InChI=1S/C12H19ClN2O2S/c1-15(8-2-7-14)9-10-18(16,17)12-5-3-11(13)4-6-12/h3-6H,2,7-10,14H2,1H3. The summed E-state index contributed by atoms with van der Waals surface area (Å²) in [5, 5.41) is 0.536. The molecule has 2 N–H and O–H groups in total.